The number of benzene rings is 2. The van der Waals surface area contributed by atoms with Crippen LogP contribution in [0, 0.1) is 0 Å². The monoisotopic (exact) mass is 252 g/mol. The minimum atomic E-state index is -1.47. The summed E-state index contributed by atoms with van der Waals surface area (Å²) in [5.41, 5.74) is 3.44. The van der Waals surface area contributed by atoms with Crippen LogP contribution < -0.4 is 9.92 Å². The van der Waals surface area contributed by atoms with E-state index in [9.17, 15) is 0 Å². The Labute approximate surface area is 108 Å². The normalized spacial score (nSPS) is 26.1. The van der Waals surface area contributed by atoms with Crippen LogP contribution in [0.3, 0.4) is 0 Å². The number of para-hydroxylation sites is 1. The molecule has 2 heteroatoms. The first-order valence-electron chi connectivity index (χ1n) is 6.54. The predicted octanol–water partition coefficient (Wildman–Crippen LogP) is 3.37. The average Bonchev–Trinajstić information content (AvgIpc) is 2.86. The summed E-state index contributed by atoms with van der Waals surface area (Å²) in [6, 6.07) is 17.4. The van der Waals surface area contributed by atoms with Crippen molar-refractivity contribution < 1.29 is 4.74 Å². The Bertz CT molecular complexity index is 632. The average molecular weight is 252 g/mol. The summed E-state index contributed by atoms with van der Waals surface area (Å²) in [5.74, 6) is 1.10. The highest BCUT2D eigenvalue weighted by Gasteiger charge is 2.53. The van der Waals surface area contributed by atoms with Crippen molar-refractivity contribution in [1.29, 1.82) is 0 Å². The van der Waals surface area contributed by atoms with Gasteiger partial charge in [0, 0.05) is 5.54 Å². The van der Waals surface area contributed by atoms with Gasteiger partial charge in [-0.3, -0.25) is 0 Å². The molecule has 0 aliphatic carbocycles. The molecule has 0 spiro atoms. The zero-order chi connectivity index (χ0) is 12.3. The summed E-state index contributed by atoms with van der Waals surface area (Å²) in [5, 5.41) is 1.58. The summed E-state index contributed by atoms with van der Waals surface area (Å²) in [6.45, 7) is 4.95. The van der Waals surface area contributed by atoms with E-state index < -0.39 is 8.07 Å². The van der Waals surface area contributed by atoms with Gasteiger partial charge in [-0.05, 0) is 17.2 Å². The van der Waals surface area contributed by atoms with Crippen LogP contribution in [-0.2, 0) is 0 Å². The molecule has 2 aliphatic heterocycles. The third kappa shape index (κ3) is 1.11. The van der Waals surface area contributed by atoms with E-state index in [1.165, 1.54) is 11.1 Å². The van der Waals surface area contributed by atoms with Gasteiger partial charge >= 0.3 is 0 Å². The molecule has 2 unspecified atom stereocenters. The van der Waals surface area contributed by atoms with Crippen LogP contribution >= 0.6 is 0 Å². The van der Waals surface area contributed by atoms with Crippen molar-refractivity contribution in [3.05, 3.63) is 59.7 Å². The largest absolute Gasteiger partial charge is 0.485 e. The smallest absolute Gasteiger partial charge is 0.129 e. The molecule has 0 fully saturated rings. The van der Waals surface area contributed by atoms with E-state index in [4.69, 9.17) is 4.74 Å². The van der Waals surface area contributed by atoms with E-state index in [1.807, 2.05) is 0 Å². The van der Waals surface area contributed by atoms with Crippen LogP contribution in [0.1, 0.15) is 22.8 Å². The van der Waals surface area contributed by atoms with Crippen molar-refractivity contribution in [2.24, 2.45) is 0 Å². The minimum Gasteiger partial charge on any atom is -0.485 e. The molecule has 0 bridgehead atoms. The lowest BCUT2D eigenvalue weighted by Gasteiger charge is -2.24. The van der Waals surface area contributed by atoms with Gasteiger partial charge in [0.2, 0.25) is 0 Å². The summed E-state index contributed by atoms with van der Waals surface area (Å²) >= 11 is 0. The van der Waals surface area contributed by atoms with Crippen LogP contribution in [0.5, 0.6) is 5.75 Å². The molecule has 2 aromatic carbocycles. The molecule has 0 radical (unpaired) electrons. The quantitative estimate of drug-likeness (QED) is 0.653. The first kappa shape index (κ1) is 10.4. The highest BCUT2D eigenvalue weighted by molar-refractivity contribution is 6.92. The molecule has 18 heavy (non-hydrogen) atoms. The topological polar surface area (TPSA) is 9.23 Å². The van der Waals surface area contributed by atoms with Crippen LogP contribution in [0.2, 0.25) is 13.1 Å². The third-order valence-electron chi connectivity index (χ3n) is 4.55. The second-order valence-corrected chi connectivity index (χ2v) is 10.5. The van der Waals surface area contributed by atoms with Gasteiger partial charge in [0.05, 0.1) is 8.07 Å². The fourth-order valence-corrected chi connectivity index (χ4v) is 7.57. The number of hydrogen-bond acceptors (Lipinski definition) is 1. The van der Waals surface area contributed by atoms with Crippen molar-refractivity contribution in [1.82, 2.24) is 0 Å². The van der Waals surface area contributed by atoms with Crippen LogP contribution in [-0.4, -0.2) is 8.07 Å². The van der Waals surface area contributed by atoms with Gasteiger partial charge in [-0.2, -0.15) is 0 Å². The number of rotatable bonds is 0. The maximum absolute atomic E-state index is 6.23. The van der Waals surface area contributed by atoms with Gasteiger partial charge < -0.3 is 4.74 Å². The van der Waals surface area contributed by atoms with Crippen molar-refractivity contribution in [2.75, 3.05) is 0 Å². The van der Waals surface area contributed by atoms with E-state index in [-0.39, 0.29) is 6.10 Å². The fraction of sp³-hybridized carbons (Fsp3) is 0.250. The van der Waals surface area contributed by atoms with Gasteiger partial charge in [0.15, 0.2) is 0 Å². The first-order chi connectivity index (χ1) is 8.69. The molecule has 2 aliphatic rings. The molecular formula is C16H16OSi. The Kier molecular flexibility index (Phi) is 1.88. The third-order valence-corrected chi connectivity index (χ3v) is 8.56. The lowest BCUT2D eigenvalue weighted by atomic mass is 10.0. The summed E-state index contributed by atoms with van der Waals surface area (Å²) in [4.78, 5) is 0. The Balaban J connectivity index is 1.97. The highest BCUT2D eigenvalue weighted by atomic mass is 28.3. The maximum atomic E-state index is 6.23. The van der Waals surface area contributed by atoms with Crippen molar-refractivity contribution in [2.45, 2.75) is 24.7 Å². The van der Waals surface area contributed by atoms with E-state index in [0.29, 0.717) is 5.54 Å². The molecule has 4 rings (SSSR count). The molecule has 2 heterocycles. The highest BCUT2D eigenvalue weighted by Crippen LogP contribution is 2.53. The van der Waals surface area contributed by atoms with Crippen molar-refractivity contribution >= 4 is 13.3 Å². The van der Waals surface area contributed by atoms with Crippen molar-refractivity contribution in [3.8, 4) is 5.75 Å². The van der Waals surface area contributed by atoms with E-state index in [0.717, 1.165) is 5.75 Å². The number of ether oxygens (including phenoxy) is 1. The van der Waals surface area contributed by atoms with Crippen LogP contribution in [0.25, 0.3) is 0 Å². The van der Waals surface area contributed by atoms with E-state index in [1.54, 1.807) is 5.19 Å². The van der Waals surface area contributed by atoms with Gasteiger partial charge in [0.1, 0.15) is 11.9 Å². The van der Waals surface area contributed by atoms with Gasteiger partial charge in [0.25, 0.3) is 0 Å². The predicted molar refractivity (Wildman–Crippen MR) is 76.1 cm³/mol. The van der Waals surface area contributed by atoms with Gasteiger partial charge in [-0.25, -0.2) is 0 Å². The second-order valence-electron chi connectivity index (χ2n) is 5.86. The summed E-state index contributed by atoms with van der Waals surface area (Å²) in [6.07, 6.45) is 0.264. The van der Waals surface area contributed by atoms with E-state index in [2.05, 4.69) is 61.6 Å². The minimum absolute atomic E-state index is 0.264. The molecule has 0 saturated heterocycles. The number of hydrogen-bond donors (Lipinski definition) is 0. The lowest BCUT2D eigenvalue weighted by molar-refractivity contribution is 0.236. The maximum Gasteiger partial charge on any atom is 0.129 e. The molecule has 0 saturated carbocycles. The standard InChI is InChI=1S/C16H16OSi/c1-18(2)14-10-6-4-8-12(14)15-16(18)11-7-3-5-9-13(11)17-15/h3-10,15-16H,1-2H3. The molecule has 2 atom stereocenters. The first-order valence-corrected chi connectivity index (χ1v) is 9.62. The summed E-state index contributed by atoms with van der Waals surface area (Å²) < 4.78 is 6.23. The molecule has 1 nitrogen and oxygen atoms in total. The van der Waals surface area contributed by atoms with Crippen molar-refractivity contribution in [3.63, 3.8) is 0 Å². The van der Waals surface area contributed by atoms with E-state index >= 15 is 0 Å². The Morgan fingerprint density at radius 1 is 0.889 bits per heavy atom. The zero-order valence-electron chi connectivity index (χ0n) is 10.7. The molecule has 2 aromatic rings. The molecule has 0 aromatic heterocycles. The molecular weight excluding hydrogens is 236 g/mol. The van der Waals surface area contributed by atoms with Crippen LogP contribution in [0.15, 0.2) is 48.5 Å². The van der Waals surface area contributed by atoms with Gasteiger partial charge in [-0.1, -0.05) is 60.7 Å². The Morgan fingerprint density at radius 3 is 2.39 bits per heavy atom. The number of fused-ring (bicyclic) bond motifs is 5. The fourth-order valence-electron chi connectivity index (χ4n) is 3.72. The van der Waals surface area contributed by atoms with Crippen LogP contribution in [0.4, 0.5) is 0 Å². The summed E-state index contributed by atoms with van der Waals surface area (Å²) in [7, 11) is -1.47. The molecule has 0 amide bonds. The molecule has 90 valence electrons. The Morgan fingerprint density at radius 2 is 1.56 bits per heavy atom. The SMILES string of the molecule is C[Si]1(C)c2ccccc2C2Oc3ccccc3C21. The molecule has 0 N–H and O–H groups in total. The van der Waals surface area contributed by atoms with Gasteiger partial charge in [-0.15, -0.1) is 0 Å². The Hall–Kier alpha value is -1.54. The zero-order valence-corrected chi connectivity index (χ0v) is 11.7. The lowest BCUT2D eigenvalue weighted by Crippen LogP contribution is -2.43. The second kappa shape index (κ2) is 3.26.